The van der Waals surface area contributed by atoms with Gasteiger partial charge in [-0.1, -0.05) is 13.0 Å². The minimum Gasteiger partial charge on any atom is -0.464 e. The van der Waals surface area contributed by atoms with E-state index in [4.69, 9.17) is 4.74 Å². The highest BCUT2D eigenvalue weighted by atomic mass is 32.2. The summed E-state index contributed by atoms with van der Waals surface area (Å²) in [4.78, 5) is 25.0. The minimum absolute atomic E-state index is 0.0250. The number of sulfone groups is 1. The van der Waals surface area contributed by atoms with Crippen LogP contribution in [0.3, 0.4) is 0 Å². The van der Waals surface area contributed by atoms with Gasteiger partial charge in [0.2, 0.25) is 5.91 Å². The molecular formula is C13H19NO5S. The highest BCUT2D eigenvalue weighted by molar-refractivity contribution is 7.93. The molecule has 2 heterocycles. The smallest absolute Gasteiger partial charge is 0.330 e. The fraction of sp³-hybridized carbons (Fsp3) is 0.692. The van der Waals surface area contributed by atoms with Crippen LogP contribution >= 0.6 is 0 Å². The quantitative estimate of drug-likeness (QED) is 0.429. The molecule has 2 aliphatic heterocycles. The highest BCUT2D eigenvalue weighted by Crippen LogP contribution is 2.45. The van der Waals surface area contributed by atoms with Crippen molar-refractivity contribution in [1.82, 2.24) is 4.90 Å². The van der Waals surface area contributed by atoms with Gasteiger partial charge in [-0.25, -0.2) is 13.2 Å². The molecule has 1 unspecified atom stereocenters. The van der Waals surface area contributed by atoms with Crippen molar-refractivity contribution in [2.24, 2.45) is 5.92 Å². The van der Waals surface area contributed by atoms with Crippen LogP contribution in [-0.4, -0.2) is 48.0 Å². The topological polar surface area (TPSA) is 80.8 Å². The van der Waals surface area contributed by atoms with E-state index in [9.17, 15) is 18.0 Å². The Morgan fingerprint density at radius 1 is 1.60 bits per heavy atom. The Labute approximate surface area is 118 Å². The number of hydrogen-bond donors (Lipinski definition) is 0. The lowest BCUT2D eigenvalue weighted by Crippen LogP contribution is -2.57. The molecule has 3 atom stereocenters. The molecule has 112 valence electrons. The number of carbonyl (C=O) groups is 2. The monoisotopic (exact) mass is 301 g/mol. The third kappa shape index (κ3) is 1.87. The first kappa shape index (κ1) is 15.0. The molecule has 2 rings (SSSR count). The van der Waals surface area contributed by atoms with E-state index < -0.39 is 32.0 Å². The summed E-state index contributed by atoms with van der Waals surface area (Å²) >= 11 is 0. The van der Waals surface area contributed by atoms with E-state index in [1.807, 2.05) is 6.92 Å². The molecule has 0 spiro atoms. The van der Waals surface area contributed by atoms with E-state index in [1.165, 1.54) is 13.8 Å². The van der Waals surface area contributed by atoms with Crippen molar-refractivity contribution in [1.29, 1.82) is 0 Å². The van der Waals surface area contributed by atoms with Gasteiger partial charge in [0.05, 0.1) is 17.8 Å². The van der Waals surface area contributed by atoms with Gasteiger partial charge >= 0.3 is 5.97 Å². The van der Waals surface area contributed by atoms with Crippen molar-refractivity contribution in [2.75, 3.05) is 6.61 Å². The number of rotatable bonds is 4. The lowest BCUT2D eigenvalue weighted by Gasteiger charge is -2.36. The molecule has 0 aromatic heterocycles. The molecule has 20 heavy (non-hydrogen) atoms. The van der Waals surface area contributed by atoms with Crippen LogP contribution < -0.4 is 0 Å². The third-order valence-electron chi connectivity index (χ3n) is 4.09. The molecule has 0 aromatic carbocycles. The van der Waals surface area contributed by atoms with E-state index in [0.717, 1.165) is 4.90 Å². The van der Waals surface area contributed by atoms with Crippen molar-refractivity contribution < 1.29 is 22.7 Å². The summed E-state index contributed by atoms with van der Waals surface area (Å²) in [6.07, 6.45) is 1.60. The number of fused-ring (bicyclic) bond motifs is 1. The molecule has 0 saturated carbocycles. The van der Waals surface area contributed by atoms with Gasteiger partial charge in [-0.2, -0.15) is 0 Å². The fourth-order valence-electron chi connectivity index (χ4n) is 2.57. The summed E-state index contributed by atoms with van der Waals surface area (Å²) in [7, 11) is -3.55. The SMILES string of the molecule is C=CC(C)COC(=O)[C@@H]1N2C(=O)C[C@H]2S(=O)(=O)C1(C)C. The number of amides is 1. The van der Waals surface area contributed by atoms with Crippen molar-refractivity contribution in [3.8, 4) is 0 Å². The van der Waals surface area contributed by atoms with Gasteiger partial charge in [0.25, 0.3) is 0 Å². The molecule has 0 N–H and O–H groups in total. The lowest BCUT2D eigenvalue weighted by atomic mass is 9.98. The Hall–Kier alpha value is -1.37. The van der Waals surface area contributed by atoms with Crippen LogP contribution in [0.5, 0.6) is 0 Å². The van der Waals surface area contributed by atoms with Gasteiger partial charge in [-0.15, -0.1) is 6.58 Å². The average molecular weight is 301 g/mol. The van der Waals surface area contributed by atoms with Gasteiger partial charge in [0.1, 0.15) is 11.4 Å². The van der Waals surface area contributed by atoms with Crippen molar-refractivity contribution in [2.45, 2.75) is 43.4 Å². The van der Waals surface area contributed by atoms with Crippen LogP contribution in [0.2, 0.25) is 0 Å². The number of nitrogens with zero attached hydrogens (tertiary/aromatic N) is 1. The first-order valence-electron chi connectivity index (χ1n) is 6.48. The Morgan fingerprint density at radius 2 is 2.20 bits per heavy atom. The second-order valence-electron chi connectivity index (χ2n) is 5.85. The van der Waals surface area contributed by atoms with Crippen LogP contribution in [0.1, 0.15) is 27.2 Å². The molecule has 0 aromatic rings. The average Bonchev–Trinajstić information content (AvgIpc) is 2.49. The predicted octanol–water partition coefficient (Wildman–Crippen LogP) is 0.486. The molecule has 0 bridgehead atoms. The zero-order valence-electron chi connectivity index (χ0n) is 11.8. The van der Waals surface area contributed by atoms with Gasteiger partial charge in [0.15, 0.2) is 9.84 Å². The number of esters is 1. The van der Waals surface area contributed by atoms with Gasteiger partial charge in [-0.3, -0.25) is 4.79 Å². The minimum atomic E-state index is -3.55. The van der Waals surface area contributed by atoms with Crippen molar-refractivity contribution in [3.63, 3.8) is 0 Å². The predicted molar refractivity (Wildman–Crippen MR) is 72.4 cm³/mol. The first-order valence-corrected chi connectivity index (χ1v) is 8.03. The van der Waals surface area contributed by atoms with Crippen LogP contribution in [0.4, 0.5) is 0 Å². The van der Waals surface area contributed by atoms with E-state index in [1.54, 1.807) is 6.08 Å². The van der Waals surface area contributed by atoms with E-state index >= 15 is 0 Å². The normalized spacial score (nSPS) is 31.1. The summed E-state index contributed by atoms with van der Waals surface area (Å²) in [5.74, 6) is -1.01. The molecule has 2 saturated heterocycles. The Balaban J connectivity index is 2.24. The van der Waals surface area contributed by atoms with E-state index in [-0.39, 0.29) is 24.9 Å². The van der Waals surface area contributed by atoms with Gasteiger partial charge in [0, 0.05) is 5.92 Å². The highest BCUT2D eigenvalue weighted by Gasteiger charge is 2.68. The maximum absolute atomic E-state index is 12.3. The number of hydrogen-bond acceptors (Lipinski definition) is 5. The molecule has 0 radical (unpaired) electrons. The zero-order chi connectivity index (χ0) is 15.3. The summed E-state index contributed by atoms with van der Waals surface area (Å²) < 4.78 is 28.4. The van der Waals surface area contributed by atoms with Crippen molar-refractivity contribution >= 4 is 21.7 Å². The largest absolute Gasteiger partial charge is 0.464 e. The number of β-lactam (4-membered cyclic amide) rings is 1. The summed E-state index contributed by atoms with van der Waals surface area (Å²) in [6.45, 7) is 8.48. The van der Waals surface area contributed by atoms with Crippen LogP contribution in [-0.2, 0) is 24.2 Å². The molecule has 6 nitrogen and oxygen atoms in total. The van der Waals surface area contributed by atoms with Crippen LogP contribution in [0, 0.1) is 5.92 Å². The molecule has 0 aliphatic carbocycles. The number of carbonyl (C=O) groups excluding carboxylic acids is 2. The molecule has 7 heteroatoms. The zero-order valence-corrected chi connectivity index (χ0v) is 12.6. The summed E-state index contributed by atoms with van der Waals surface area (Å²) in [5, 5.41) is -0.876. The molecular weight excluding hydrogens is 282 g/mol. The molecule has 2 aliphatic rings. The van der Waals surface area contributed by atoms with Gasteiger partial charge < -0.3 is 9.64 Å². The Kier molecular flexibility index (Phi) is 3.44. The summed E-state index contributed by atoms with van der Waals surface area (Å²) in [6, 6.07) is -1.06. The Morgan fingerprint density at radius 3 is 2.70 bits per heavy atom. The summed E-state index contributed by atoms with van der Waals surface area (Å²) in [5.41, 5.74) is 0. The number of ether oxygens (including phenoxy) is 1. The van der Waals surface area contributed by atoms with E-state index in [0.29, 0.717) is 0 Å². The molecule has 1 amide bonds. The second-order valence-corrected chi connectivity index (χ2v) is 8.54. The maximum Gasteiger partial charge on any atom is 0.330 e. The van der Waals surface area contributed by atoms with E-state index in [2.05, 4.69) is 6.58 Å². The van der Waals surface area contributed by atoms with Crippen LogP contribution in [0.15, 0.2) is 12.7 Å². The maximum atomic E-state index is 12.3. The Bertz CT molecular complexity index is 565. The van der Waals surface area contributed by atoms with Crippen LogP contribution in [0.25, 0.3) is 0 Å². The lowest BCUT2D eigenvalue weighted by molar-refractivity contribution is -0.161. The fourth-order valence-corrected chi connectivity index (χ4v) is 4.69. The molecule has 2 fully saturated rings. The first-order chi connectivity index (χ1) is 9.14. The van der Waals surface area contributed by atoms with Crippen molar-refractivity contribution in [3.05, 3.63) is 12.7 Å². The van der Waals surface area contributed by atoms with Gasteiger partial charge in [-0.05, 0) is 13.8 Å². The third-order valence-corrected chi connectivity index (χ3v) is 6.89. The standard InChI is InChI=1S/C13H19NO5S/c1-5-8(2)7-19-12(16)11-13(3,4)20(17,18)10-6-9(15)14(10)11/h5,8,10-11H,1,6-7H2,2-4H3/t8?,10-,11+/m1/s1. The second kappa shape index (κ2) is 4.58.